The summed E-state index contributed by atoms with van der Waals surface area (Å²) in [5, 5.41) is 0.534. The summed E-state index contributed by atoms with van der Waals surface area (Å²) in [5.74, 6) is 1.56. The van der Waals surface area contributed by atoms with Crippen molar-refractivity contribution in [2.24, 2.45) is 5.92 Å². The summed E-state index contributed by atoms with van der Waals surface area (Å²) in [6.07, 6.45) is 7.52. The first-order chi connectivity index (χ1) is 14.1. The number of imidazole rings is 1. The molecule has 0 unspecified atom stereocenters. The second kappa shape index (κ2) is 8.23. The number of carbonyl (C=O) groups excluding carboxylic acids is 1. The number of aryl methyl sites for hydroxylation is 2. The quantitative estimate of drug-likeness (QED) is 0.663. The summed E-state index contributed by atoms with van der Waals surface area (Å²) in [4.78, 5) is 31.6. The third-order valence-electron chi connectivity index (χ3n) is 5.89. The maximum Gasteiger partial charge on any atom is 0.289 e. The average molecular weight is 393 g/mol. The Hall–Kier alpha value is -2.89. The van der Waals surface area contributed by atoms with E-state index in [-0.39, 0.29) is 17.1 Å². The molecule has 1 fully saturated rings. The molecule has 6 nitrogen and oxygen atoms in total. The number of aromatic nitrogens is 2. The van der Waals surface area contributed by atoms with E-state index in [1.165, 1.54) is 6.07 Å². The van der Waals surface area contributed by atoms with Crippen molar-refractivity contribution in [3.8, 4) is 0 Å². The van der Waals surface area contributed by atoms with Gasteiger partial charge in [-0.05, 0) is 42.9 Å². The van der Waals surface area contributed by atoms with E-state index in [4.69, 9.17) is 4.42 Å². The number of carbonyl (C=O) groups is 1. The molecule has 0 saturated carbocycles. The van der Waals surface area contributed by atoms with E-state index in [0.717, 1.165) is 43.6 Å². The molecular formula is C23H27N3O3. The van der Waals surface area contributed by atoms with E-state index < -0.39 is 0 Å². The minimum atomic E-state index is -0.195. The van der Waals surface area contributed by atoms with Gasteiger partial charge in [-0.2, -0.15) is 0 Å². The molecule has 0 radical (unpaired) electrons. The van der Waals surface area contributed by atoms with Crippen LogP contribution in [0.5, 0.6) is 0 Å². The van der Waals surface area contributed by atoms with Crippen LogP contribution in [0.4, 0.5) is 0 Å². The fourth-order valence-corrected chi connectivity index (χ4v) is 4.10. The minimum Gasteiger partial charge on any atom is -0.451 e. The number of nitrogens with zero attached hydrogens (tertiary/aromatic N) is 3. The molecule has 4 rings (SSSR count). The van der Waals surface area contributed by atoms with Crippen LogP contribution in [0.3, 0.4) is 0 Å². The van der Waals surface area contributed by atoms with E-state index >= 15 is 0 Å². The Labute approximate surface area is 170 Å². The first-order valence-corrected chi connectivity index (χ1v) is 10.4. The zero-order valence-electron chi connectivity index (χ0n) is 17.1. The number of hydrogen-bond donors (Lipinski definition) is 0. The van der Waals surface area contributed by atoms with Gasteiger partial charge in [-0.3, -0.25) is 9.59 Å². The Kier molecular flexibility index (Phi) is 5.51. The summed E-state index contributed by atoms with van der Waals surface area (Å²) in [5.41, 5.74) is 1.39. The predicted octanol–water partition coefficient (Wildman–Crippen LogP) is 3.67. The number of fused-ring (bicyclic) bond motifs is 1. The van der Waals surface area contributed by atoms with Gasteiger partial charge in [0.2, 0.25) is 0 Å². The number of rotatable bonds is 5. The second-order valence-electron chi connectivity index (χ2n) is 7.74. The van der Waals surface area contributed by atoms with Crippen molar-refractivity contribution in [3.05, 3.63) is 64.0 Å². The molecule has 3 heterocycles. The molecule has 0 atom stereocenters. The molecule has 3 aromatic rings. The van der Waals surface area contributed by atoms with Gasteiger partial charge >= 0.3 is 0 Å². The molecule has 0 aliphatic carbocycles. The van der Waals surface area contributed by atoms with E-state index in [1.54, 1.807) is 11.0 Å². The van der Waals surface area contributed by atoms with Crippen LogP contribution in [-0.2, 0) is 19.4 Å². The maximum absolute atomic E-state index is 12.9. The molecule has 1 aromatic carbocycles. The lowest BCUT2D eigenvalue weighted by Crippen LogP contribution is -2.39. The van der Waals surface area contributed by atoms with Gasteiger partial charge in [0.25, 0.3) is 5.91 Å². The first-order valence-electron chi connectivity index (χ1n) is 10.4. The topological polar surface area (TPSA) is 68.3 Å². The lowest BCUT2D eigenvalue weighted by Gasteiger charge is -2.32. The number of benzene rings is 1. The summed E-state index contributed by atoms with van der Waals surface area (Å²) < 4.78 is 8.01. The second-order valence-corrected chi connectivity index (χ2v) is 7.74. The zero-order valence-corrected chi connectivity index (χ0v) is 17.1. The maximum atomic E-state index is 12.9. The van der Waals surface area contributed by atoms with Crippen LogP contribution in [0.1, 0.15) is 48.6 Å². The van der Waals surface area contributed by atoms with Crippen molar-refractivity contribution in [1.29, 1.82) is 0 Å². The number of piperidine rings is 1. The van der Waals surface area contributed by atoms with Gasteiger partial charge in [0.15, 0.2) is 11.2 Å². The van der Waals surface area contributed by atoms with E-state index in [0.29, 0.717) is 30.0 Å². The standard InChI is InChI=1S/C23H27N3O3/c1-3-16-5-6-20-18(13-16)19(27)14-21(29-20)23(28)25-10-7-17(8-11-25)15-26-12-9-24-22(26)4-2/h5-6,9,12-14,17H,3-4,7-8,10-11,15H2,1-2H3. The third-order valence-corrected chi connectivity index (χ3v) is 5.89. The largest absolute Gasteiger partial charge is 0.451 e. The minimum absolute atomic E-state index is 0.132. The first kappa shape index (κ1) is 19.4. The van der Waals surface area contributed by atoms with Crippen molar-refractivity contribution in [2.75, 3.05) is 13.1 Å². The van der Waals surface area contributed by atoms with Gasteiger partial charge in [0.1, 0.15) is 11.4 Å². The molecule has 1 aliphatic rings. The van der Waals surface area contributed by atoms with Crippen molar-refractivity contribution in [2.45, 2.75) is 46.1 Å². The van der Waals surface area contributed by atoms with Crippen LogP contribution in [0, 0.1) is 5.92 Å². The smallest absolute Gasteiger partial charge is 0.289 e. The fourth-order valence-electron chi connectivity index (χ4n) is 4.10. The van der Waals surface area contributed by atoms with Gasteiger partial charge < -0.3 is 13.9 Å². The number of hydrogen-bond acceptors (Lipinski definition) is 4. The van der Waals surface area contributed by atoms with Gasteiger partial charge in [-0.25, -0.2) is 4.98 Å². The van der Waals surface area contributed by atoms with Crippen LogP contribution in [0.15, 0.2) is 45.9 Å². The normalized spacial score (nSPS) is 15.2. The highest BCUT2D eigenvalue weighted by molar-refractivity contribution is 5.93. The summed E-state index contributed by atoms with van der Waals surface area (Å²) in [6, 6.07) is 6.91. The van der Waals surface area contributed by atoms with Crippen molar-refractivity contribution >= 4 is 16.9 Å². The number of likely N-dealkylation sites (tertiary alicyclic amines) is 1. The lowest BCUT2D eigenvalue weighted by molar-refractivity contribution is 0.0651. The Morgan fingerprint density at radius 2 is 1.97 bits per heavy atom. The van der Waals surface area contributed by atoms with Crippen molar-refractivity contribution in [1.82, 2.24) is 14.5 Å². The van der Waals surface area contributed by atoms with E-state index in [1.807, 2.05) is 31.5 Å². The van der Waals surface area contributed by atoms with Crippen molar-refractivity contribution < 1.29 is 9.21 Å². The molecule has 1 amide bonds. The Balaban J connectivity index is 1.45. The molecule has 29 heavy (non-hydrogen) atoms. The highest BCUT2D eigenvalue weighted by Gasteiger charge is 2.26. The molecule has 6 heteroatoms. The Morgan fingerprint density at radius 1 is 1.17 bits per heavy atom. The van der Waals surface area contributed by atoms with Crippen LogP contribution < -0.4 is 5.43 Å². The fraction of sp³-hybridized carbons (Fsp3) is 0.435. The lowest BCUT2D eigenvalue weighted by atomic mass is 9.96. The van der Waals surface area contributed by atoms with Gasteiger partial charge in [0.05, 0.1) is 5.39 Å². The molecule has 152 valence electrons. The summed E-state index contributed by atoms with van der Waals surface area (Å²) >= 11 is 0. The highest BCUT2D eigenvalue weighted by atomic mass is 16.3. The van der Waals surface area contributed by atoms with Crippen LogP contribution >= 0.6 is 0 Å². The zero-order chi connectivity index (χ0) is 20.4. The molecular weight excluding hydrogens is 366 g/mol. The molecule has 1 saturated heterocycles. The predicted molar refractivity (Wildman–Crippen MR) is 112 cm³/mol. The van der Waals surface area contributed by atoms with E-state index in [9.17, 15) is 9.59 Å². The summed E-state index contributed by atoms with van der Waals surface area (Å²) in [7, 11) is 0. The van der Waals surface area contributed by atoms with E-state index in [2.05, 4.69) is 16.5 Å². The van der Waals surface area contributed by atoms with Crippen LogP contribution in [0.25, 0.3) is 11.0 Å². The van der Waals surface area contributed by atoms with Gasteiger partial charge in [-0.15, -0.1) is 0 Å². The highest BCUT2D eigenvalue weighted by Crippen LogP contribution is 2.22. The third kappa shape index (κ3) is 3.97. The molecule has 0 spiro atoms. The summed E-state index contributed by atoms with van der Waals surface area (Å²) in [6.45, 7) is 6.45. The van der Waals surface area contributed by atoms with Gasteiger partial charge in [-0.1, -0.05) is 19.9 Å². The van der Waals surface area contributed by atoms with Crippen molar-refractivity contribution in [3.63, 3.8) is 0 Å². The molecule has 2 aromatic heterocycles. The average Bonchev–Trinajstić information content (AvgIpc) is 3.20. The Bertz CT molecular complexity index is 1070. The van der Waals surface area contributed by atoms with Gasteiger partial charge in [0, 0.05) is 44.5 Å². The molecule has 0 bridgehead atoms. The SMILES string of the molecule is CCc1ccc2oc(C(=O)N3CCC(Cn4ccnc4CC)CC3)cc(=O)c2c1. The van der Waals surface area contributed by atoms with Crippen LogP contribution in [-0.4, -0.2) is 33.4 Å². The number of amides is 1. The monoisotopic (exact) mass is 393 g/mol. The molecule has 0 N–H and O–H groups in total. The Morgan fingerprint density at radius 3 is 2.69 bits per heavy atom. The molecule has 1 aliphatic heterocycles. The van der Waals surface area contributed by atoms with Crippen LogP contribution in [0.2, 0.25) is 0 Å².